The molecule has 11 atom stereocenters. The lowest BCUT2D eigenvalue weighted by Crippen LogP contribution is -2.60. The Kier molecular flexibility index (Phi) is 9.47. The highest BCUT2D eigenvalue weighted by Crippen LogP contribution is 2.42. The average molecular weight is 505 g/mol. The topological polar surface area (TPSA) is 175 Å². The summed E-state index contributed by atoms with van der Waals surface area (Å²) in [5.74, 6) is 0.331. The zero-order valence-electron chi connectivity index (χ0n) is 20.7. The normalized spacial score (nSPS) is 43.0. The van der Waals surface area contributed by atoms with Crippen LogP contribution >= 0.6 is 0 Å². The maximum atomic E-state index is 11.9. The summed E-state index contributed by atoms with van der Waals surface area (Å²) in [7, 11) is 0. The number of aliphatic hydroxyl groups excluding tert-OH is 6. The van der Waals surface area contributed by atoms with Crippen LogP contribution in [0.25, 0.3) is 0 Å². The van der Waals surface area contributed by atoms with Crippen molar-refractivity contribution in [3.05, 3.63) is 11.6 Å². The molecule has 202 valence electrons. The largest absolute Gasteiger partial charge is 0.388 e. The zero-order valence-corrected chi connectivity index (χ0v) is 20.7. The fraction of sp³-hybridized carbons (Fsp3) is 0.875. The van der Waals surface area contributed by atoms with Crippen LogP contribution in [0.5, 0.6) is 0 Å². The van der Waals surface area contributed by atoms with Gasteiger partial charge in [-0.1, -0.05) is 19.4 Å². The molecule has 6 N–H and O–H groups in total. The van der Waals surface area contributed by atoms with Gasteiger partial charge in [0, 0.05) is 6.42 Å². The van der Waals surface area contributed by atoms with Gasteiger partial charge in [-0.3, -0.25) is 4.79 Å². The molecule has 11 unspecified atom stereocenters. The molecule has 1 aliphatic carbocycles. The lowest BCUT2D eigenvalue weighted by Gasteiger charge is -2.42. The Labute approximate surface area is 205 Å². The van der Waals surface area contributed by atoms with Crippen molar-refractivity contribution in [1.82, 2.24) is 0 Å². The molecule has 0 aromatic carbocycles. The van der Waals surface area contributed by atoms with E-state index in [0.717, 1.165) is 12.0 Å². The quantitative estimate of drug-likeness (QED) is 0.239. The van der Waals surface area contributed by atoms with E-state index in [1.807, 2.05) is 13.8 Å². The van der Waals surface area contributed by atoms with Crippen LogP contribution in [0, 0.1) is 11.3 Å². The molecule has 11 nitrogen and oxygen atoms in total. The van der Waals surface area contributed by atoms with Gasteiger partial charge in [0.05, 0.1) is 19.3 Å². The fourth-order valence-electron chi connectivity index (χ4n) is 5.19. The molecule has 0 spiro atoms. The Morgan fingerprint density at radius 1 is 1.03 bits per heavy atom. The van der Waals surface area contributed by atoms with Crippen LogP contribution in [-0.2, 0) is 23.7 Å². The fourth-order valence-corrected chi connectivity index (χ4v) is 5.19. The van der Waals surface area contributed by atoms with Gasteiger partial charge in [-0.15, -0.1) is 0 Å². The van der Waals surface area contributed by atoms with Gasteiger partial charge in [-0.2, -0.15) is 0 Å². The molecule has 2 fully saturated rings. The maximum Gasteiger partial charge on any atom is 0.186 e. The highest BCUT2D eigenvalue weighted by molar-refractivity contribution is 5.91. The standard InChI is InChI=1S/C24H40O11/c1-11-7-13(25)8-24(3,4)14(11)6-5-12(2)34-23-21(31)19(29)18(28)16(35-23)10-33-22-20(30)17(27)15(26)9-32-22/h7,12,14-23,26-31H,5-6,8-10H2,1-4H3. The van der Waals surface area contributed by atoms with Crippen molar-refractivity contribution >= 4 is 5.78 Å². The number of rotatable bonds is 8. The highest BCUT2D eigenvalue weighted by atomic mass is 16.7. The van der Waals surface area contributed by atoms with Gasteiger partial charge in [-0.05, 0) is 44.1 Å². The Morgan fingerprint density at radius 3 is 2.34 bits per heavy atom. The van der Waals surface area contributed by atoms with Gasteiger partial charge in [0.25, 0.3) is 0 Å². The van der Waals surface area contributed by atoms with E-state index < -0.39 is 55.3 Å². The second-order valence-corrected chi connectivity index (χ2v) is 10.7. The van der Waals surface area contributed by atoms with Crippen molar-refractivity contribution in [2.24, 2.45) is 11.3 Å². The molecule has 0 radical (unpaired) electrons. The number of carbonyl (C=O) groups is 1. The van der Waals surface area contributed by atoms with Crippen LogP contribution in [0.3, 0.4) is 0 Å². The van der Waals surface area contributed by atoms with Crippen molar-refractivity contribution in [2.75, 3.05) is 13.2 Å². The second kappa shape index (κ2) is 11.6. The number of ketones is 1. The highest BCUT2D eigenvalue weighted by Gasteiger charge is 2.46. The number of aliphatic hydroxyl groups is 6. The van der Waals surface area contributed by atoms with Gasteiger partial charge in [0.15, 0.2) is 18.4 Å². The van der Waals surface area contributed by atoms with E-state index in [4.69, 9.17) is 18.9 Å². The van der Waals surface area contributed by atoms with Crippen LogP contribution in [0.15, 0.2) is 11.6 Å². The lowest BCUT2D eigenvalue weighted by molar-refractivity contribution is -0.327. The number of hydrogen-bond acceptors (Lipinski definition) is 11. The summed E-state index contributed by atoms with van der Waals surface area (Å²) in [6, 6.07) is 0. The Hall–Kier alpha value is -0.990. The Bertz CT molecular complexity index is 756. The van der Waals surface area contributed by atoms with Crippen LogP contribution in [0.4, 0.5) is 0 Å². The van der Waals surface area contributed by atoms with Crippen molar-refractivity contribution in [2.45, 2.75) is 108 Å². The van der Waals surface area contributed by atoms with Gasteiger partial charge < -0.3 is 49.6 Å². The van der Waals surface area contributed by atoms with Crippen molar-refractivity contribution in [1.29, 1.82) is 0 Å². The molecule has 2 aliphatic heterocycles. The van der Waals surface area contributed by atoms with Gasteiger partial charge in [0.1, 0.15) is 42.7 Å². The first-order valence-corrected chi connectivity index (χ1v) is 12.2. The predicted octanol–water partition coefficient (Wildman–Crippen LogP) is -1.00. The second-order valence-electron chi connectivity index (χ2n) is 10.7. The Balaban J connectivity index is 1.55. The van der Waals surface area contributed by atoms with Crippen LogP contribution in [-0.4, -0.2) is 111 Å². The van der Waals surface area contributed by atoms with E-state index in [-0.39, 0.29) is 36.4 Å². The van der Waals surface area contributed by atoms with E-state index in [1.165, 1.54) is 0 Å². The van der Waals surface area contributed by atoms with Crippen molar-refractivity contribution in [3.8, 4) is 0 Å². The average Bonchev–Trinajstić information content (AvgIpc) is 2.76. The minimum Gasteiger partial charge on any atom is -0.388 e. The molecule has 0 amide bonds. The molecule has 3 aliphatic rings. The van der Waals surface area contributed by atoms with E-state index in [2.05, 4.69) is 13.8 Å². The van der Waals surface area contributed by atoms with Crippen LogP contribution in [0.2, 0.25) is 0 Å². The SMILES string of the molecule is CC1=CC(=O)CC(C)(C)C1CCC(C)OC1OC(COC2OCC(O)C(O)C2O)C(O)C(O)C1O. The number of allylic oxidation sites excluding steroid dienone is 2. The summed E-state index contributed by atoms with van der Waals surface area (Å²) >= 11 is 0. The molecular weight excluding hydrogens is 464 g/mol. The smallest absolute Gasteiger partial charge is 0.186 e. The van der Waals surface area contributed by atoms with Crippen LogP contribution < -0.4 is 0 Å². The molecule has 11 heteroatoms. The first kappa shape index (κ1) is 28.6. The summed E-state index contributed by atoms with van der Waals surface area (Å²) in [6.07, 6.45) is -9.21. The summed E-state index contributed by atoms with van der Waals surface area (Å²) < 4.78 is 22.1. The third kappa shape index (κ3) is 6.67. The van der Waals surface area contributed by atoms with Crippen molar-refractivity contribution in [3.63, 3.8) is 0 Å². The van der Waals surface area contributed by atoms with Gasteiger partial charge in [-0.25, -0.2) is 0 Å². The van der Waals surface area contributed by atoms with Gasteiger partial charge in [0.2, 0.25) is 0 Å². The number of hydrogen-bond donors (Lipinski definition) is 6. The lowest BCUT2D eigenvalue weighted by atomic mass is 9.66. The molecule has 2 heterocycles. The zero-order chi connectivity index (χ0) is 26.1. The summed E-state index contributed by atoms with van der Waals surface area (Å²) in [6.45, 7) is 7.33. The maximum absolute atomic E-state index is 11.9. The van der Waals surface area contributed by atoms with E-state index in [0.29, 0.717) is 12.8 Å². The van der Waals surface area contributed by atoms with Crippen molar-refractivity contribution < 1.29 is 54.4 Å². The summed E-state index contributed by atoms with van der Waals surface area (Å²) in [4.78, 5) is 11.9. The van der Waals surface area contributed by atoms with E-state index in [1.54, 1.807) is 6.08 Å². The monoisotopic (exact) mass is 504 g/mol. The Morgan fingerprint density at radius 2 is 1.69 bits per heavy atom. The molecule has 0 aromatic heterocycles. The summed E-state index contributed by atoms with van der Waals surface area (Å²) in [5.41, 5.74) is 0.863. The predicted molar refractivity (Wildman–Crippen MR) is 121 cm³/mol. The summed E-state index contributed by atoms with van der Waals surface area (Å²) in [5, 5.41) is 60.4. The third-order valence-corrected chi connectivity index (χ3v) is 7.29. The molecule has 0 bridgehead atoms. The minimum atomic E-state index is -1.56. The first-order valence-electron chi connectivity index (χ1n) is 12.2. The first-order chi connectivity index (χ1) is 16.3. The third-order valence-electron chi connectivity index (χ3n) is 7.29. The number of carbonyl (C=O) groups excluding carboxylic acids is 1. The molecule has 3 rings (SSSR count). The van der Waals surface area contributed by atoms with E-state index in [9.17, 15) is 35.4 Å². The van der Waals surface area contributed by atoms with E-state index >= 15 is 0 Å². The number of ether oxygens (including phenoxy) is 4. The molecule has 0 saturated carbocycles. The molecule has 2 saturated heterocycles. The minimum absolute atomic E-state index is 0.129. The van der Waals surface area contributed by atoms with Crippen LogP contribution in [0.1, 0.15) is 47.0 Å². The molecule has 35 heavy (non-hydrogen) atoms. The molecule has 0 aromatic rings. The van der Waals surface area contributed by atoms with Gasteiger partial charge >= 0.3 is 0 Å². The molecular formula is C24H40O11.